The van der Waals surface area contributed by atoms with E-state index in [-0.39, 0.29) is 30.5 Å². The minimum Gasteiger partial charge on any atom is -0.480 e. The van der Waals surface area contributed by atoms with Crippen LogP contribution in [0.25, 0.3) is 0 Å². The molecule has 5 aromatic carbocycles. The van der Waals surface area contributed by atoms with Crippen LogP contribution in [0.2, 0.25) is 0 Å². The van der Waals surface area contributed by atoms with Gasteiger partial charge in [-0.15, -0.1) is 0 Å². The number of carboxylic acid groups (broad SMARTS) is 1. The number of aliphatic hydroxyl groups excluding tert-OH is 1. The van der Waals surface area contributed by atoms with Gasteiger partial charge >= 0.3 is 18.2 Å². The van der Waals surface area contributed by atoms with Crippen molar-refractivity contribution in [1.29, 1.82) is 0 Å². The summed E-state index contributed by atoms with van der Waals surface area (Å²) in [6.07, 6.45) is 1.81. The Morgan fingerprint density at radius 2 is 1.19 bits per heavy atom. The van der Waals surface area contributed by atoms with E-state index in [2.05, 4.69) is 10.6 Å². The molecule has 0 saturated heterocycles. The quantitative estimate of drug-likeness (QED) is 0.0820. The number of aryl methyl sites for hydroxylation is 1. The number of aliphatic carboxylic acids is 1. The van der Waals surface area contributed by atoms with E-state index in [0.29, 0.717) is 56.6 Å². The maximum atomic E-state index is 14.0. The molecule has 80 heavy (non-hydrogen) atoms. The summed E-state index contributed by atoms with van der Waals surface area (Å²) in [5.74, 6) is -3.07. The average molecular weight is 1100 g/mol. The number of carbonyl (C=O) groups is 6. The van der Waals surface area contributed by atoms with Crippen LogP contribution in [0.15, 0.2) is 109 Å². The van der Waals surface area contributed by atoms with Crippen molar-refractivity contribution in [2.75, 3.05) is 13.1 Å². The van der Waals surface area contributed by atoms with Crippen LogP contribution >= 0.6 is 0 Å². The summed E-state index contributed by atoms with van der Waals surface area (Å²) in [6.45, 7) is 19.1. The lowest BCUT2D eigenvalue weighted by molar-refractivity contribution is -0.143. The first-order valence-electron chi connectivity index (χ1n) is 27.3. The van der Waals surface area contributed by atoms with Crippen molar-refractivity contribution in [3.8, 4) is 0 Å². The second-order valence-electron chi connectivity index (χ2n) is 22.6. The Kier molecular flexibility index (Phi) is 21.3. The maximum Gasteiger partial charge on any atom is 0.411 e. The van der Waals surface area contributed by atoms with E-state index in [9.17, 15) is 47.8 Å². The van der Waals surface area contributed by atoms with Gasteiger partial charge < -0.3 is 40.0 Å². The number of aldehydes is 1. The average Bonchev–Trinajstić information content (AvgIpc) is 3.46. The molecule has 5 aromatic rings. The monoisotopic (exact) mass is 1100 g/mol. The smallest absolute Gasteiger partial charge is 0.411 e. The van der Waals surface area contributed by atoms with Crippen LogP contribution < -0.4 is 10.6 Å². The minimum atomic E-state index is -1.06. The summed E-state index contributed by atoms with van der Waals surface area (Å²) in [5, 5.41) is 27.1. The highest BCUT2D eigenvalue weighted by Gasteiger charge is 2.38. The number of aliphatic hydroxyl groups is 1. The predicted molar refractivity (Wildman–Crippen MR) is 301 cm³/mol. The Morgan fingerprint density at radius 1 is 0.700 bits per heavy atom. The standard InChI is InChI=1S/C33H39F2N3O3.C15H19NO4.C15H19NO3/c1-4-10-38(11-5-2)33(41)26-13-21(3)12-25(17-26)32(40)37-30(16-22-14-27(34)19-28(35)15-22)31(39)29-18-23-8-6-7-9-24(23)20-36-29;1-15(2,3)20-14(19)16-9-11-7-5-4-6-10(11)8-12(16)13(17)18;1-15(2,3)19-14(18)16-9-12-7-5-4-6-11(12)8-13(16)10-17/h6-9,12-15,17,19,29-31,36,39H,4-5,10-11,16,18,20H2,1-3H3,(H,37,40);4-7,12H,8-9H2,1-3H3,(H,17,18);4-7,10,13H,8-9H2,1-3H3/t29-,30+,31-;12-;13-/m111/s1. The lowest BCUT2D eigenvalue weighted by atomic mass is 9.88. The van der Waals surface area contributed by atoms with Crippen molar-refractivity contribution >= 4 is 36.3 Å². The summed E-state index contributed by atoms with van der Waals surface area (Å²) >= 11 is 0. The van der Waals surface area contributed by atoms with Gasteiger partial charge in [-0.25, -0.2) is 23.2 Å². The third-order valence-corrected chi connectivity index (χ3v) is 13.7. The predicted octanol–water partition coefficient (Wildman–Crippen LogP) is 9.93. The normalized spacial score (nSPS) is 17.2. The molecule has 3 aliphatic heterocycles. The molecule has 0 saturated carbocycles. The van der Waals surface area contributed by atoms with Crippen molar-refractivity contribution in [3.63, 3.8) is 0 Å². The summed E-state index contributed by atoms with van der Waals surface area (Å²) in [7, 11) is 0. The summed E-state index contributed by atoms with van der Waals surface area (Å²) in [4.78, 5) is 78.4. The van der Waals surface area contributed by atoms with Crippen molar-refractivity contribution in [3.05, 3.63) is 176 Å². The number of fused-ring (bicyclic) bond motifs is 3. The number of nitrogens with zero attached hydrogens (tertiary/aromatic N) is 3. The second kappa shape index (κ2) is 27.6. The molecule has 4 amide bonds. The number of amides is 4. The molecular weight excluding hydrogens is 1020 g/mol. The summed E-state index contributed by atoms with van der Waals surface area (Å²) in [6, 6.07) is 29.0. The number of carboxylic acids is 1. The van der Waals surface area contributed by atoms with Crippen LogP contribution in [0, 0.1) is 18.6 Å². The van der Waals surface area contributed by atoms with Crippen molar-refractivity contribution < 1.29 is 57.2 Å². The van der Waals surface area contributed by atoms with Gasteiger partial charge in [0.05, 0.1) is 31.3 Å². The van der Waals surface area contributed by atoms with Gasteiger partial charge in [0, 0.05) is 55.7 Å². The molecule has 5 atom stereocenters. The van der Waals surface area contributed by atoms with Gasteiger partial charge in [-0.05, 0) is 149 Å². The van der Waals surface area contributed by atoms with Gasteiger partial charge in [0.15, 0.2) is 0 Å². The number of hydrogen-bond acceptors (Lipinski definition) is 10. The van der Waals surface area contributed by atoms with Crippen LogP contribution in [-0.4, -0.2) is 116 Å². The molecule has 0 spiro atoms. The van der Waals surface area contributed by atoms with Crippen LogP contribution in [0.3, 0.4) is 0 Å². The van der Waals surface area contributed by atoms with Crippen LogP contribution in [-0.2, 0) is 64.4 Å². The van der Waals surface area contributed by atoms with E-state index in [0.717, 1.165) is 64.1 Å². The van der Waals surface area contributed by atoms with Crippen molar-refractivity contribution in [2.45, 2.75) is 162 Å². The molecule has 0 aliphatic carbocycles. The second-order valence-corrected chi connectivity index (χ2v) is 22.6. The number of halogens is 2. The largest absolute Gasteiger partial charge is 0.480 e. The lowest BCUT2D eigenvalue weighted by Crippen LogP contribution is -2.55. The van der Waals surface area contributed by atoms with Gasteiger partial charge in [-0.1, -0.05) is 86.6 Å². The zero-order chi connectivity index (χ0) is 58.5. The molecule has 17 heteroatoms. The molecule has 0 radical (unpaired) electrons. The topological polar surface area (TPSA) is 195 Å². The zero-order valence-corrected chi connectivity index (χ0v) is 47.4. The molecular formula is C63H77F2N5O10. The third kappa shape index (κ3) is 17.3. The molecule has 3 aliphatic rings. The Morgan fingerprint density at radius 3 is 1.71 bits per heavy atom. The van der Waals surface area contributed by atoms with Crippen molar-refractivity contribution in [1.82, 2.24) is 25.3 Å². The first-order chi connectivity index (χ1) is 37.9. The highest BCUT2D eigenvalue weighted by Crippen LogP contribution is 2.28. The van der Waals surface area contributed by atoms with Crippen LogP contribution in [0.5, 0.6) is 0 Å². The Labute approximate surface area is 468 Å². The summed E-state index contributed by atoms with van der Waals surface area (Å²) in [5.41, 5.74) is 6.96. The lowest BCUT2D eigenvalue weighted by Gasteiger charge is -2.35. The molecule has 0 fully saturated rings. The van der Waals surface area contributed by atoms with Gasteiger partial charge in [-0.2, -0.15) is 0 Å². The molecule has 4 N–H and O–H groups in total. The third-order valence-electron chi connectivity index (χ3n) is 13.7. The molecule has 3 heterocycles. The fourth-order valence-corrected chi connectivity index (χ4v) is 10.0. The van der Waals surface area contributed by atoms with Crippen LogP contribution in [0.4, 0.5) is 18.4 Å². The van der Waals surface area contributed by atoms with E-state index >= 15 is 0 Å². The molecule has 8 rings (SSSR count). The fourth-order valence-electron chi connectivity index (χ4n) is 10.0. The van der Waals surface area contributed by atoms with Gasteiger partial charge in [0.1, 0.15) is 35.2 Å². The number of carbonyl (C=O) groups excluding carboxylic acids is 5. The SMILES string of the molecule is CC(C)(C)OC(=O)N1Cc2ccccc2C[C@@H]1C(=O)O.CC(C)(C)OC(=O)N1Cc2ccccc2C[C@@H]1C=O.CCCN(CCC)C(=O)c1cc(C)cc(C(=O)N[C@@H](Cc2cc(F)cc(F)c2)[C@H](O)[C@H]2Cc3ccccc3CN2)c1. The molecule has 15 nitrogen and oxygen atoms in total. The van der Waals surface area contributed by atoms with E-state index < -0.39 is 71.1 Å². The highest BCUT2D eigenvalue weighted by molar-refractivity contribution is 6.00. The number of hydrogen-bond donors (Lipinski definition) is 4. The molecule has 0 bridgehead atoms. The Hall–Kier alpha value is -7.50. The Balaban J connectivity index is 0.000000219. The van der Waals surface area contributed by atoms with Crippen LogP contribution in [0.1, 0.15) is 133 Å². The van der Waals surface area contributed by atoms with Gasteiger partial charge in [-0.3, -0.25) is 19.4 Å². The fraction of sp³-hybridized carbons (Fsp3) is 0.429. The first-order valence-corrected chi connectivity index (χ1v) is 27.3. The van der Waals surface area contributed by atoms with E-state index in [1.165, 1.54) is 21.9 Å². The van der Waals surface area contributed by atoms with Crippen molar-refractivity contribution in [2.24, 2.45) is 0 Å². The number of ether oxygens (including phenoxy) is 2. The number of rotatable bonds is 13. The van der Waals surface area contributed by atoms with E-state index in [1.54, 1.807) is 43.9 Å². The van der Waals surface area contributed by atoms with E-state index in [4.69, 9.17) is 9.47 Å². The van der Waals surface area contributed by atoms with E-state index in [1.807, 2.05) is 114 Å². The highest BCUT2D eigenvalue weighted by atomic mass is 19.1. The first kappa shape index (κ1) is 61.7. The molecule has 428 valence electrons. The Bertz CT molecular complexity index is 2970. The number of benzene rings is 5. The van der Waals surface area contributed by atoms with Gasteiger partial charge in [0.2, 0.25) is 0 Å². The minimum absolute atomic E-state index is 0.0137. The van der Waals surface area contributed by atoms with Gasteiger partial charge in [0.25, 0.3) is 11.8 Å². The zero-order valence-electron chi connectivity index (χ0n) is 47.4. The molecule has 0 unspecified atom stereocenters. The number of nitrogens with one attached hydrogen (secondary N) is 2. The summed E-state index contributed by atoms with van der Waals surface area (Å²) < 4.78 is 38.7. The maximum absolute atomic E-state index is 14.0. The molecule has 0 aromatic heterocycles.